The third kappa shape index (κ3) is 2.33. The zero-order chi connectivity index (χ0) is 14.9. The van der Waals surface area contributed by atoms with E-state index in [4.69, 9.17) is 0 Å². The van der Waals surface area contributed by atoms with E-state index in [1.807, 2.05) is 0 Å². The average Bonchev–Trinajstić information content (AvgIpc) is 2.41. The Bertz CT molecular complexity index is 684. The Hall–Kier alpha value is -2.11. The van der Waals surface area contributed by atoms with Gasteiger partial charge in [-0.1, -0.05) is 15.9 Å². The molecule has 3 nitrogen and oxygen atoms in total. The maximum absolute atomic E-state index is 14.1. The first kappa shape index (κ1) is 14.3. The van der Waals surface area contributed by atoms with Gasteiger partial charge in [-0.05, 0) is 32.0 Å². The molecule has 1 aromatic carbocycles. The molecule has 0 atom stereocenters. The van der Waals surface area contributed by atoms with Gasteiger partial charge in [0, 0.05) is 21.4 Å². The van der Waals surface area contributed by atoms with Crippen molar-refractivity contribution in [3.05, 3.63) is 56.6 Å². The number of dihydropyridines is 1. The van der Waals surface area contributed by atoms with Crippen LogP contribution in [0, 0.1) is 28.5 Å². The van der Waals surface area contributed by atoms with Crippen molar-refractivity contribution < 1.29 is 4.39 Å². The molecule has 0 radical (unpaired) electrons. The first-order valence-electron chi connectivity index (χ1n) is 5.93. The molecule has 0 amide bonds. The number of allylic oxidation sites excluding steroid dienone is 4. The summed E-state index contributed by atoms with van der Waals surface area (Å²) in [5.74, 6) is -1.09. The van der Waals surface area contributed by atoms with E-state index in [0.717, 1.165) is 0 Å². The molecule has 5 heteroatoms. The minimum Gasteiger partial charge on any atom is -0.361 e. The summed E-state index contributed by atoms with van der Waals surface area (Å²) in [5, 5.41) is 21.7. The van der Waals surface area contributed by atoms with Crippen molar-refractivity contribution in [1.29, 1.82) is 10.5 Å². The van der Waals surface area contributed by atoms with Gasteiger partial charge in [0.05, 0.1) is 29.2 Å². The summed E-state index contributed by atoms with van der Waals surface area (Å²) < 4.78 is 14.8. The molecule has 0 saturated heterocycles. The van der Waals surface area contributed by atoms with Crippen LogP contribution in [-0.2, 0) is 0 Å². The molecular formula is C15H11BrFN3. The number of nitrogens with one attached hydrogen (secondary N) is 1. The summed E-state index contributed by atoms with van der Waals surface area (Å²) in [6.45, 7) is 3.50. The predicted octanol–water partition coefficient (Wildman–Crippen LogP) is 3.87. The van der Waals surface area contributed by atoms with Gasteiger partial charge in [0.15, 0.2) is 0 Å². The molecule has 20 heavy (non-hydrogen) atoms. The van der Waals surface area contributed by atoms with E-state index in [0.29, 0.717) is 32.6 Å². The molecule has 2 rings (SSSR count). The minimum atomic E-state index is -0.663. The molecule has 1 aromatic rings. The lowest BCUT2D eigenvalue weighted by molar-refractivity contribution is 0.603. The number of nitriles is 2. The Morgan fingerprint density at radius 3 is 2.20 bits per heavy atom. The molecule has 0 aliphatic carbocycles. The van der Waals surface area contributed by atoms with E-state index in [1.54, 1.807) is 26.0 Å². The van der Waals surface area contributed by atoms with Gasteiger partial charge in [0.1, 0.15) is 5.82 Å². The number of halogens is 2. The van der Waals surface area contributed by atoms with Crippen LogP contribution < -0.4 is 5.32 Å². The van der Waals surface area contributed by atoms with Crippen molar-refractivity contribution >= 4 is 15.9 Å². The molecule has 1 N–H and O–H groups in total. The lowest BCUT2D eigenvalue weighted by Gasteiger charge is -2.26. The van der Waals surface area contributed by atoms with Crippen molar-refractivity contribution in [1.82, 2.24) is 5.32 Å². The third-order valence-electron chi connectivity index (χ3n) is 3.27. The Morgan fingerprint density at radius 2 is 1.70 bits per heavy atom. The summed E-state index contributed by atoms with van der Waals surface area (Å²) in [7, 11) is 0. The van der Waals surface area contributed by atoms with Crippen molar-refractivity contribution in [2.75, 3.05) is 0 Å². The van der Waals surface area contributed by atoms with Crippen molar-refractivity contribution in [3.8, 4) is 12.1 Å². The molecule has 1 heterocycles. The molecule has 1 aliphatic heterocycles. The molecule has 1 aliphatic rings. The molecule has 0 unspecified atom stereocenters. The number of hydrogen-bond acceptors (Lipinski definition) is 3. The normalized spacial score (nSPS) is 15.7. The highest BCUT2D eigenvalue weighted by Crippen LogP contribution is 2.39. The van der Waals surface area contributed by atoms with E-state index in [2.05, 4.69) is 33.4 Å². The van der Waals surface area contributed by atoms with Gasteiger partial charge in [-0.3, -0.25) is 0 Å². The average molecular weight is 332 g/mol. The summed E-state index contributed by atoms with van der Waals surface area (Å²) in [6.07, 6.45) is 0. The highest BCUT2D eigenvalue weighted by molar-refractivity contribution is 9.10. The summed E-state index contributed by atoms with van der Waals surface area (Å²) >= 11 is 3.30. The van der Waals surface area contributed by atoms with Crippen LogP contribution >= 0.6 is 15.9 Å². The maximum atomic E-state index is 14.1. The highest BCUT2D eigenvalue weighted by atomic mass is 79.9. The van der Waals surface area contributed by atoms with Crippen molar-refractivity contribution in [2.24, 2.45) is 0 Å². The molecule has 0 fully saturated rings. The van der Waals surface area contributed by atoms with Crippen LogP contribution in [0.3, 0.4) is 0 Å². The van der Waals surface area contributed by atoms with Crippen LogP contribution in [0.5, 0.6) is 0 Å². The largest absolute Gasteiger partial charge is 0.361 e. The summed E-state index contributed by atoms with van der Waals surface area (Å²) in [5.41, 5.74) is 2.35. The second-order valence-corrected chi connectivity index (χ2v) is 5.44. The fourth-order valence-electron chi connectivity index (χ4n) is 2.34. The van der Waals surface area contributed by atoms with Gasteiger partial charge >= 0.3 is 0 Å². The van der Waals surface area contributed by atoms with Crippen LogP contribution in [0.4, 0.5) is 4.39 Å². The standard InChI is InChI=1S/C15H11BrFN3/c1-8-12(6-18)15(13(7-19)9(2)20-8)11-5-10(16)3-4-14(11)17/h3-5,15,20H,1-2H3. The van der Waals surface area contributed by atoms with E-state index < -0.39 is 11.7 Å². The Labute approximate surface area is 125 Å². The fraction of sp³-hybridized carbons (Fsp3) is 0.200. The second kappa shape index (κ2) is 5.48. The van der Waals surface area contributed by atoms with Gasteiger partial charge < -0.3 is 5.32 Å². The zero-order valence-corrected chi connectivity index (χ0v) is 12.5. The van der Waals surface area contributed by atoms with Crippen molar-refractivity contribution in [2.45, 2.75) is 19.8 Å². The Balaban J connectivity index is 2.72. The summed E-state index contributed by atoms with van der Waals surface area (Å²) in [6, 6.07) is 8.70. The number of rotatable bonds is 1. The topological polar surface area (TPSA) is 59.6 Å². The molecule has 0 aromatic heterocycles. The molecule has 0 saturated carbocycles. The van der Waals surface area contributed by atoms with Crippen LogP contribution in [0.25, 0.3) is 0 Å². The Morgan fingerprint density at radius 1 is 1.15 bits per heavy atom. The van der Waals surface area contributed by atoms with E-state index in [1.165, 1.54) is 6.07 Å². The van der Waals surface area contributed by atoms with Crippen molar-refractivity contribution in [3.63, 3.8) is 0 Å². The van der Waals surface area contributed by atoms with Crippen LogP contribution in [0.2, 0.25) is 0 Å². The number of hydrogen-bond donors (Lipinski definition) is 1. The molecule has 100 valence electrons. The fourth-order valence-corrected chi connectivity index (χ4v) is 2.72. The molecule has 0 bridgehead atoms. The Kier molecular flexibility index (Phi) is 3.92. The van der Waals surface area contributed by atoms with Crippen LogP contribution in [-0.4, -0.2) is 0 Å². The monoisotopic (exact) mass is 331 g/mol. The number of benzene rings is 1. The number of nitrogens with zero attached hydrogens (tertiary/aromatic N) is 2. The van der Waals surface area contributed by atoms with Gasteiger partial charge in [-0.25, -0.2) is 4.39 Å². The lowest BCUT2D eigenvalue weighted by Crippen LogP contribution is -2.24. The third-order valence-corrected chi connectivity index (χ3v) is 3.76. The van der Waals surface area contributed by atoms with Gasteiger partial charge in [-0.2, -0.15) is 10.5 Å². The first-order chi connectivity index (χ1) is 9.49. The first-order valence-corrected chi connectivity index (χ1v) is 6.72. The summed E-state index contributed by atoms with van der Waals surface area (Å²) in [4.78, 5) is 0. The van der Waals surface area contributed by atoms with Crippen LogP contribution in [0.1, 0.15) is 25.3 Å². The SMILES string of the molecule is CC1=C(C#N)C(c2cc(Br)ccc2F)C(C#N)=C(C)N1. The lowest BCUT2D eigenvalue weighted by atomic mass is 9.81. The molecular weight excluding hydrogens is 321 g/mol. The highest BCUT2D eigenvalue weighted by Gasteiger charge is 2.31. The predicted molar refractivity (Wildman–Crippen MR) is 76.6 cm³/mol. The van der Waals surface area contributed by atoms with E-state index >= 15 is 0 Å². The minimum absolute atomic E-state index is 0.327. The van der Waals surface area contributed by atoms with E-state index in [-0.39, 0.29) is 0 Å². The van der Waals surface area contributed by atoms with E-state index in [9.17, 15) is 14.9 Å². The maximum Gasteiger partial charge on any atom is 0.127 e. The van der Waals surface area contributed by atoms with Gasteiger partial charge in [-0.15, -0.1) is 0 Å². The molecule has 0 spiro atoms. The smallest absolute Gasteiger partial charge is 0.127 e. The van der Waals surface area contributed by atoms with Crippen LogP contribution in [0.15, 0.2) is 45.2 Å². The second-order valence-electron chi connectivity index (χ2n) is 4.52. The van der Waals surface area contributed by atoms with Gasteiger partial charge in [0.2, 0.25) is 0 Å². The quantitative estimate of drug-likeness (QED) is 0.849. The van der Waals surface area contributed by atoms with Gasteiger partial charge in [0.25, 0.3) is 0 Å². The zero-order valence-electron chi connectivity index (χ0n) is 11.0.